The second kappa shape index (κ2) is 4.79. The highest BCUT2D eigenvalue weighted by Crippen LogP contribution is 2.10. The van der Waals surface area contributed by atoms with E-state index in [1.54, 1.807) is 0 Å². The molecule has 0 unspecified atom stereocenters. The van der Waals surface area contributed by atoms with Gasteiger partial charge >= 0.3 is 5.97 Å². The number of thiocarbonyl (C=S) groups is 1. The Morgan fingerprint density at radius 1 is 1.71 bits per heavy atom. The standard InChI is InChI=1S/C5H7N5O2S2/c1-12-3(11)2-7-5(14-10-2)8-4(13)9-6/h6H2,1H3,(H2,7,8,9,10,13). The van der Waals surface area contributed by atoms with Crippen molar-refractivity contribution in [3.05, 3.63) is 5.82 Å². The number of nitrogens with two attached hydrogens (primary N) is 1. The summed E-state index contributed by atoms with van der Waals surface area (Å²) in [6, 6.07) is 0. The summed E-state index contributed by atoms with van der Waals surface area (Å²) in [4.78, 5) is 14.7. The zero-order chi connectivity index (χ0) is 10.6. The van der Waals surface area contributed by atoms with Gasteiger partial charge in [0.05, 0.1) is 7.11 Å². The summed E-state index contributed by atoms with van der Waals surface area (Å²) in [5.41, 5.74) is 2.21. The first-order valence-corrected chi connectivity index (χ1v) is 4.55. The molecule has 0 bridgehead atoms. The van der Waals surface area contributed by atoms with Gasteiger partial charge in [-0.15, -0.1) is 0 Å². The molecule has 1 heterocycles. The number of hydrazine groups is 1. The van der Waals surface area contributed by atoms with Crippen molar-refractivity contribution in [3.8, 4) is 0 Å². The van der Waals surface area contributed by atoms with E-state index in [1.807, 2.05) is 0 Å². The van der Waals surface area contributed by atoms with E-state index in [0.29, 0.717) is 5.13 Å². The number of aromatic nitrogens is 2. The van der Waals surface area contributed by atoms with Gasteiger partial charge in [-0.1, -0.05) is 0 Å². The van der Waals surface area contributed by atoms with Crippen LogP contribution in [0.1, 0.15) is 10.6 Å². The number of hydrogen-bond acceptors (Lipinski definition) is 7. The number of hydrogen-bond donors (Lipinski definition) is 3. The van der Waals surface area contributed by atoms with Gasteiger partial charge in [-0.05, 0) is 12.2 Å². The minimum atomic E-state index is -0.596. The highest BCUT2D eigenvalue weighted by atomic mass is 32.1. The van der Waals surface area contributed by atoms with E-state index in [1.165, 1.54) is 7.11 Å². The predicted octanol–water partition coefficient (Wildman–Crippen LogP) is -0.515. The molecule has 0 fully saturated rings. The fourth-order valence-electron chi connectivity index (χ4n) is 0.582. The first-order chi connectivity index (χ1) is 6.67. The van der Waals surface area contributed by atoms with Crippen LogP contribution in [-0.4, -0.2) is 27.5 Å². The van der Waals surface area contributed by atoms with E-state index in [0.717, 1.165) is 11.5 Å². The zero-order valence-corrected chi connectivity index (χ0v) is 8.74. The molecule has 7 nitrogen and oxygen atoms in total. The molecule has 14 heavy (non-hydrogen) atoms. The quantitative estimate of drug-likeness (QED) is 0.271. The molecule has 0 saturated carbocycles. The Bertz CT molecular complexity index is 352. The Hall–Kier alpha value is -1.32. The number of nitrogens with one attached hydrogen (secondary N) is 2. The number of ether oxygens (including phenoxy) is 1. The number of carbonyl (C=O) groups is 1. The van der Waals surface area contributed by atoms with Gasteiger partial charge in [-0.3, -0.25) is 0 Å². The van der Waals surface area contributed by atoms with E-state index < -0.39 is 5.97 Å². The topological polar surface area (TPSA) is 102 Å². The first-order valence-electron chi connectivity index (χ1n) is 3.37. The van der Waals surface area contributed by atoms with E-state index in [4.69, 9.17) is 18.1 Å². The normalized spacial score (nSPS) is 9.29. The van der Waals surface area contributed by atoms with Gasteiger partial charge in [0.1, 0.15) is 0 Å². The maximum Gasteiger partial charge on any atom is 0.377 e. The van der Waals surface area contributed by atoms with Gasteiger partial charge in [0.25, 0.3) is 5.82 Å². The number of anilines is 1. The van der Waals surface area contributed by atoms with E-state index in [-0.39, 0.29) is 10.9 Å². The molecule has 1 aromatic rings. The minimum Gasteiger partial charge on any atom is -0.463 e. The lowest BCUT2D eigenvalue weighted by Gasteiger charge is -2.00. The molecule has 9 heteroatoms. The Labute approximate surface area is 88.8 Å². The van der Waals surface area contributed by atoms with Crippen LogP contribution >= 0.6 is 23.8 Å². The van der Waals surface area contributed by atoms with Crippen LogP contribution in [0.2, 0.25) is 0 Å². The minimum absolute atomic E-state index is 0.0141. The average Bonchev–Trinajstić information content (AvgIpc) is 2.65. The van der Waals surface area contributed by atoms with Gasteiger partial charge in [0, 0.05) is 11.5 Å². The maximum atomic E-state index is 10.9. The monoisotopic (exact) mass is 233 g/mol. The third-order valence-corrected chi connectivity index (χ3v) is 2.00. The highest BCUT2D eigenvalue weighted by molar-refractivity contribution is 7.80. The summed E-state index contributed by atoms with van der Waals surface area (Å²) in [5.74, 6) is 4.41. The molecule has 1 aromatic heterocycles. The van der Waals surface area contributed by atoms with Crippen LogP contribution in [-0.2, 0) is 4.74 Å². The molecule has 0 aliphatic heterocycles. The van der Waals surface area contributed by atoms with E-state index in [2.05, 4.69) is 24.8 Å². The molecule has 0 saturated heterocycles. The highest BCUT2D eigenvalue weighted by Gasteiger charge is 2.12. The Morgan fingerprint density at radius 2 is 2.43 bits per heavy atom. The van der Waals surface area contributed by atoms with Crippen molar-refractivity contribution in [3.63, 3.8) is 0 Å². The van der Waals surface area contributed by atoms with E-state index in [9.17, 15) is 4.79 Å². The lowest BCUT2D eigenvalue weighted by Crippen LogP contribution is -2.34. The molecular weight excluding hydrogens is 226 g/mol. The average molecular weight is 233 g/mol. The first kappa shape index (κ1) is 10.8. The van der Waals surface area contributed by atoms with Crippen LogP contribution < -0.4 is 16.6 Å². The van der Waals surface area contributed by atoms with Crippen molar-refractivity contribution in [2.45, 2.75) is 0 Å². The third-order valence-electron chi connectivity index (χ3n) is 1.15. The number of nitrogens with zero attached hydrogens (tertiary/aromatic N) is 2. The van der Waals surface area contributed by atoms with Gasteiger partial charge in [-0.2, -0.15) is 9.36 Å². The molecule has 76 valence electrons. The number of methoxy groups -OCH3 is 1. The molecule has 0 aromatic carbocycles. The van der Waals surface area contributed by atoms with Gasteiger partial charge in [-0.25, -0.2) is 10.6 Å². The van der Waals surface area contributed by atoms with Crippen LogP contribution in [0.4, 0.5) is 5.13 Å². The van der Waals surface area contributed by atoms with Gasteiger partial charge in [0.2, 0.25) is 5.13 Å². The summed E-state index contributed by atoms with van der Waals surface area (Å²) in [6.07, 6.45) is 0. The van der Waals surface area contributed by atoms with Crippen molar-refractivity contribution < 1.29 is 9.53 Å². The summed E-state index contributed by atoms with van der Waals surface area (Å²) < 4.78 is 8.16. The third kappa shape index (κ3) is 2.58. The van der Waals surface area contributed by atoms with Crippen LogP contribution in [0.3, 0.4) is 0 Å². The summed E-state index contributed by atoms with van der Waals surface area (Å²) >= 11 is 5.70. The predicted molar refractivity (Wildman–Crippen MR) is 54.8 cm³/mol. The van der Waals surface area contributed by atoms with Crippen molar-refractivity contribution in [1.82, 2.24) is 14.8 Å². The Morgan fingerprint density at radius 3 is 3.00 bits per heavy atom. The SMILES string of the molecule is COC(=O)c1nsc(NC(=S)NN)n1. The van der Waals surface area contributed by atoms with E-state index >= 15 is 0 Å². The second-order valence-electron chi connectivity index (χ2n) is 2.01. The zero-order valence-electron chi connectivity index (χ0n) is 7.10. The maximum absolute atomic E-state index is 10.9. The van der Waals surface area contributed by atoms with Crippen molar-refractivity contribution in [2.24, 2.45) is 5.84 Å². The second-order valence-corrected chi connectivity index (χ2v) is 3.17. The number of rotatable bonds is 2. The van der Waals surface area contributed by atoms with Crippen molar-refractivity contribution in [2.75, 3.05) is 12.4 Å². The molecule has 0 radical (unpaired) electrons. The van der Waals surface area contributed by atoms with Crippen LogP contribution in [0.5, 0.6) is 0 Å². The van der Waals surface area contributed by atoms with Crippen LogP contribution in [0, 0.1) is 0 Å². The van der Waals surface area contributed by atoms with Crippen molar-refractivity contribution >= 4 is 40.0 Å². The molecule has 4 N–H and O–H groups in total. The number of esters is 1. The summed E-state index contributed by atoms with van der Waals surface area (Å²) in [7, 11) is 1.25. The lowest BCUT2D eigenvalue weighted by molar-refractivity contribution is 0.0588. The molecule has 1 rings (SSSR count). The molecule has 0 aliphatic carbocycles. The largest absolute Gasteiger partial charge is 0.463 e. The lowest BCUT2D eigenvalue weighted by atomic mass is 10.6. The molecule has 0 amide bonds. The molecular formula is C5H7N5O2S2. The van der Waals surface area contributed by atoms with Crippen molar-refractivity contribution in [1.29, 1.82) is 0 Å². The molecule has 0 spiro atoms. The Kier molecular flexibility index (Phi) is 3.68. The fraction of sp³-hybridized carbons (Fsp3) is 0.200. The summed E-state index contributed by atoms with van der Waals surface area (Å²) in [6.45, 7) is 0. The molecule has 0 atom stereocenters. The number of carbonyl (C=O) groups excluding carboxylic acids is 1. The fourth-order valence-corrected chi connectivity index (χ4v) is 1.31. The Balaban J connectivity index is 2.68. The molecule has 0 aliphatic rings. The summed E-state index contributed by atoms with van der Waals surface area (Å²) in [5, 5.41) is 3.18. The van der Waals surface area contributed by atoms with Crippen LogP contribution in [0.15, 0.2) is 0 Å². The smallest absolute Gasteiger partial charge is 0.377 e. The van der Waals surface area contributed by atoms with Gasteiger partial charge < -0.3 is 15.5 Å². The van der Waals surface area contributed by atoms with Gasteiger partial charge in [0.15, 0.2) is 5.11 Å². The van der Waals surface area contributed by atoms with Crippen LogP contribution in [0.25, 0.3) is 0 Å².